The van der Waals surface area contributed by atoms with Crippen LogP contribution >= 0.6 is 34.8 Å². The van der Waals surface area contributed by atoms with Gasteiger partial charge < -0.3 is 32.8 Å². The van der Waals surface area contributed by atoms with Crippen molar-refractivity contribution in [3.63, 3.8) is 0 Å². The number of halogens is 3. The van der Waals surface area contributed by atoms with Crippen LogP contribution in [-0.2, 0) is 36.6 Å². The number of methoxy groups -OCH3 is 2. The van der Waals surface area contributed by atoms with E-state index < -0.39 is 48.7 Å². The number of hydrogen-bond donors (Lipinski definition) is 1. The molecule has 1 aliphatic rings. The van der Waals surface area contributed by atoms with Gasteiger partial charge in [0.15, 0.2) is 8.32 Å². The predicted octanol–water partition coefficient (Wildman–Crippen LogP) is 7.96. The van der Waals surface area contributed by atoms with Crippen LogP contribution in [0.3, 0.4) is 0 Å². The Bertz CT molecular complexity index is 1300. The van der Waals surface area contributed by atoms with Gasteiger partial charge in [-0.15, -0.1) is 0 Å². The molecular weight excluding hydrogens is 663 g/mol. The summed E-state index contributed by atoms with van der Waals surface area (Å²) in [5.74, 6) is 0.726. The third kappa shape index (κ3) is 10.4. The highest BCUT2D eigenvalue weighted by Gasteiger charge is 2.52. The monoisotopic (exact) mass is 702 g/mol. The lowest BCUT2D eigenvalue weighted by atomic mass is 9.97. The summed E-state index contributed by atoms with van der Waals surface area (Å²) in [6.45, 7) is 11.0. The van der Waals surface area contributed by atoms with Gasteiger partial charge in [-0.05, 0) is 59.1 Å². The van der Waals surface area contributed by atoms with Gasteiger partial charge in [-0.1, -0.05) is 85.0 Å². The molecule has 15 heteroatoms. The number of rotatable bonds is 13. The molecule has 248 valence electrons. The second-order valence-electron chi connectivity index (χ2n) is 12.0. The fraction of sp³-hybridized carbons (Fsp3) is 0.567. The molecule has 2 aromatic rings. The molecule has 0 saturated carbocycles. The van der Waals surface area contributed by atoms with Crippen LogP contribution in [0.2, 0.25) is 18.1 Å². The smallest absolute Gasteiger partial charge is 0.265 e. The summed E-state index contributed by atoms with van der Waals surface area (Å²) in [5, 5.41) is 12.0. The summed E-state index contributed by atoms with van der Waals surface area (Å²) in [5.41, 5.74) is 11.3. The molecule has 1 N–H and O–H groups in total. The molecule has 0 aromatic heterocycles. The zero-order chi connectivity index (χ0) is 33.4. The van der Waals surface area contributed by atoms with E-state index >= 15 is 0 Å². The summed E-state index contributed by atoms with van der Waals surface area (Å²) >= 11 is 17.8. The first-order chi connectivity index (χ1) is 21.1. The largest absolute Gasteiger partial charge is 0.497 e. The Labute approximate surface area is 280 Å². The van der Waals surface area contributed by atoms with Gasteiger partial charge in [0.2, 0.25) is 12.2 Å². The van der Waals surface area contributed by atoms with Gasteiger partial charge in [-0.2, -0.15) is 0 Å². The first-order valence-corrected chi connectivity index (χ1v) is 18.3. The van der Waals surface area contributed by atoms with Crippen molar-refractivity contribution in [3.05, 3.63) is 70.1 Å². The van der Waals surface area contributed by atoms with Crippen LogP contribution in [0.25, 0.3) is 10.4 Å². The second kappa shape index (κ2) is 16.0. The van der Waals surface area contributed by atoms with E-state index in [9.17, 15) is 5.53 Å². The van der Waals surface area contributed by atoms with Crippen molar-refractivity contribution >= 4 is 49.0 Å². The maximum atomic E-state index is 9.59. The number of nitrogens with zero attached hydrogens (tertiary/aromatic N) is 3. The number of azide groups is 1. The van der Waals surface area contributed by atoms with Gasteiger partial charge in [-0.25, -0.2) is 0 Å². The van der Waals surface area contributed by atoms with Crippen LogP contribution in [-0.4, -0.2) is 69.5 Å². The minimum Gasteiger partial charge on any atom is -0.497 e. The zero-order valence-corrected chi connectivity index (χ0v) is 29.7. The summed E-state index contributed by atoms with van der Waals surface area (Å²) in [4.78, 5) is 3.04. The first kappa shape index (κ1) is 37.2. The van der Waals surface area contributed by atoms with Crippen LogP contribution in [0.1, 0.15) is 31.9 Å². The second-order valence-corrected chi connectivity index (χ2v) is 19.1. The molecule has 11 nitrogen and oxygen atoms in total. The Morgan fingerprint density at radius 1 is 0.933 bits per heavy atom. The van der Waals surface area contributed by atoms with Crippen LogP contribution < -0.4 is 9.47 Å². The Kier molecular flexibility index (Phi) is 13.3. The lowest BCUT2D eigenvalue weighted by Crippen LogP contribution is -2.63. The molecule has 0 bridgehead atoms. The average molecular weight is 704 g/mol. The molecule has 0 spiro atoms. The van der Waals surface area contributed by atoms with Crippen molar-refractivity contribution in [1.29, 1.82) is 5.41 Å². The molecule has 1 heterocycles. The van der Waals surface area contributed by atoms with E-state index in [1.165, 1.54) is 0 Å². The first-order valence-electron chi connectivity index (χ1n) is 14.2. The highest BCUT2D eigenvalue weighted by molar-refractivity contribution is 6.76. The molecule has 1 saturated heterocycles. The fourth-order valence-electron chi connectivity index (χ4n) is 4.27. The number of ether oxygens (including phenoxy) is 6. The van der Waals surface area contributed by atoms with Crippen LogP contribution in [0.15, 0.2) is 53.6 Å². The Morgan fingerprint density at radius 3 is 1.93 bits per heavy atom. The van der Waals surface area contributed by atoms with E-state index in [1.54, 1.807) is 14.2 Å². The minimum atomic E-state index is -2.47. The Hall–Kier alpha value is -2.25. The van der Waals surface area contributed by atoms with E-state index in [1.807, 2.05) is 48.5 Å². The Balaban J connectivity index is 1.99. The quantitative estimate of drug-likeness (QED) is 0.0425. The van der Waals surface area contributed by atoms with Gasteiger partial charge in [0, 0.05) is 4.91 Å². The third-order valence-electron chi connectivity index (χ3n) is 7.84. The van der Waals surface area contributed by atoms with Gasteiger partial charge >= 0.3 is 0 Å². The molecule has 5 atom stereocenters. The molecule has 2 aromatic carbocycles. The zero-order valence-electron chi connectivity index (χ0n) is 26.5. The van der Waals surface area contributed by atoms with E-state index in [2.05, 4.69) is 43.9 Å². The van der Waals surface area contributed by atoms with Crippen LogP contribution in [0, 0.1) is 5.41 Å². The standard InChI is InChI=1S/C30H41Cl3N4O7Si/c1-29(2,3)45(6,7)44-25-23(18-40-16-19-8-12-21(38-4)13-9-19)42-27(43-28(34)30(31,32)33)24(36-37-35)26(25)41-17-20-10-14-22(39-5)15-11-20/h8-15,23-27,34H,16-18H2,1-7H3/t23-,24+,25-,26-,27?/m1/s1. The van der Waals surface area contributed by atoms with Gasteiger partial charge in [0.1, 0.15) is 35.9 Å². The number of nitrogens with one attached hydrogen (secondary N) is 1. The maximum absolute atomic E-state index is 9.59. The maximum Gasteiger partial charge on any atom is 0.265 e. The van der Waals surface area contributed by atoms with Gasteiger partial charge in [-0.3, -0.25) is 5.41 Å². The molecule has 0 radical (unpaired) electrons. The summed E-state index contributed by atoms with van der Waals surface area (Å²) < 4.78 is 39.9. The average Bonchev–Trinajstić information content (AvgIpc) is 2.98. The van der Waals surface area contributed by atoms with E-state index in [4.69, 9.17) is 73.1 Å². The summed E-state index contributed by atoms with van der Waals surface area (Å²) in [6, 6.07) is 13.8. The van der Waals surface area contributed by atoms with Crippen LogP contribution in [0.4, 0.5) is 0 Å². The minimum absolute atomic E-state index is 0.0532. The van der Waals surface area contributed by atoms with E-state index in [0.717, 1.165) is 16.9 Å². The molecule has 1 aliphatic heterocycles. The molecule has 3 rings (SSSR count). The Morgan fingerprint density at radius 2 is 1.47 bits per heavy atom. The summed E-state index contributed by atoms with van der Waals surface area (Å²) in [7, 11) is 0.719. The van der Waals surface area contributed by atoms with E-state index in [0.29, 0.717) is 5.75 Å². The highest BCUT2D eigenvalue weighted by Crippen LogP contribution is 2.41. The SMILES string of the molecule is COc1ccc(COC[C@H]2OC(OC(=N)C(Cl)(Cl)Cl)[C@@H](N=[N+]=[N-])[C@@H](OCc3ccc(OC)cc3)[C@@H]2O[Si](C)(C)C(C)(C)C)cc1. The lowest BCUT2D eigenvalue weighted by Gasteiger charge is -2.49. The van der Waals surface area contributed by atoms with E-state index in [-0.39, 0.29) is 24.9 Å². The van der Waals surface area contributed by atoms with Crippen molar-refractivity contribution in [2.75, 3.05) is 20.8 Å². The van der Waals surface area contributed by atoms with Crippen molar-refractivity contribution in [2.45, 2.75) is 86.6 Å². The molecule has 1 unspecified atom stereocenters. The van der Waals surface area contributed by atoms with Crippen molar-refractivity contribution in [1.82, 2.24) is 0 Å². The number of benzene rings is 2. The lowest BCUT2D eigenvalue weighted by molar-refractivity contribution is -0.254. The van der Waals surface area contributed by atoms with Gasteiger partial charge in [0.05, 0.1) is 34.0 Å². The predicted molar refractivity (Wildman–Crippen MR) is 177 cm³/mol. The topological polar surface area (TPSA) is 137 Å². The van der Waals surface area contributed by atoms with Gasteiger partial charge in [0.25, 0.3) is 3.79 Å². The van der Waals surface area contributed by atoms with Crippen LogP contribution in [0.5, 0.6) is 11.5 Å². The molecule has 0 aliphatic carbocycles. The number of alkyl halides is 3. The fourth-order valence-corrected chi connectivity index (χ4v) is 5.72. The molecule has 45 heavy (non-hydrogen) atoms. The number of hydrogen-bond acceptors (Lipinski definition) is 9. The van der Waals surface area contributed by atoms with Crippen molar-refractivity contribution in [3.8, 4) is 11.5 Å². The molecule has 0 amide bonds. The normalized spacial score (nSPS) is 22.3. The molecule has 1 fully saturated rings. The van der Waals surface area contributed by atoms with Crippen molar-refractivity contribution < 1.29 is 32.8 Å². The highest BCUT2D eigenvalue weighted by atomic mass is 35.6. The molecular formula is C30H41Cl3N4O7Si. The van der Waals surface area contributed by atoms with Crippen molar-refractivity contribution in [2.24, 2.45) is 5.11 Å². The summed E-state index contributed by atoms with van der Waals surface area (Å²) in [6.07, 6.45) is -3.78. The third-order valence-corrected chi connectivity index (χ3v) is 12.8.